The number of aliphatic hydroxyl groups is 1. The summed E-state index contributed by atoms with van der Waals surface area (Å²) in [6.45, 7) is 9.42. The number of aliphatic hydroxyl groups excluding tert-OH is 1. The third-order valence-electron chi connectivity index (χ3n) is 6.62. The molecule has 4 rings (SSSR count). The highest BCUT2D eigenvalue weighted by Gasteiger charge is 2.45. The number of carbonyl (C=O) groups excluding carboxylic acids is 2. The maximum atomic E-state index is 13.3. The van der Waals surface area contributed by atoms with E-state index in [1.807, 2.05) is 38.1 Å². The molecule has 1 atom stereocenters. The highest BCUT2D eigenvalue weighted by atomic mass is 16.5. The smallest absolute Gasteiger partial charge is 0.295 e. The van der Waals surface area contributed by atoms with E-state index in [0.717, 1.165) is 37.4 Å². The van der Waals surface area contributed by atoms with Crippen molar-refractivity contribution in [3.63, 3.8) is 0 Å². The highest BCUT2D eigenvalue weighted by molar-refractivity contribution is 6.46. The first kappa shape index (κ1) is 26.7. The van der Waals surface area contributed by atoms with Crippen molar-refractivity contribution in [1.82, 2.24) is 9.80 Å². The van der Waals surface area contributed by atoms with E-state index in [9.17, 15) is 14.7 Å². The molecular formula is C29H36N2O6. The van der Waals surface area contributed by atoms with Crippen molar-refractivity contribution >= 4 is 17.4 Å². The Balaban J connectivity index is 1.64. The zero-order valence-corrected chi connectivity index (χ0v) is 21.7. The Morgan fingerprint density at radius 3 is 2.24 bits per heavy atom. The van der Waals surface area contributed by atoms with Gasteiger partial charge in [0, 0.05) is 31.7 Å². The van der Waals surface area contributed by atoms with E-state index < -0.39 is 17.7 Å². The second kappa shape index (κ2) is 12.7. The summed E-state index contributed by atoms with van der Waals surface area (Å²) in [7, 11) is 0. The van der Waals surface area contributed by atoms with Crippen LogP contribution in [-0.2, 0) is 14.3 Å². The van der Waals surface area contributed by atoms with Crippen LogP contribution in [0, 0.1) is 0 Å². The third kappa shape index (κ3) is 6.32. The summed E-state index contributed by atoms with van der Waals surface area (Å²) < 4.78 is 16.6. The normalized spacial score (nSPS) is 19.8. The van der Waals surface area contributed by atoms with Crippen LogP contribution in [0.4, 0.5) is 0 Å². The van der Waals surface area contributed by atoms with Gasteiger partial charge in [-0.1, -0.05) is 19.1 Å². The number of carbonyl (C=O) groups is 2. The van der Waals surface area contributed by atoms with Gasteiger partial charge in [0.2, 0.25) is 0 Å². The molecule has 1 amide bonds. The number of hydrogen-bond donors (Lipinski definition) is 1. The van der Waals surface area contributed by atoms with Crippen LogP contribution in [0.5, 0.6) is 11.5 Å². The third-order valence-corrected chi connectivity index (χ3v) is 6.62. The summed E-state index contributed by atoms with van der Waals surface area (Å²) in [4.78, 5) is 30.4. The molecule has 2 aromatic carbocycles. The van der Waals surface area contributed by atoms with Crippen LogP contribution in [0.2, 0.25) is 0 Å². The Morgan fingerprint density at radius 2 is 1.59 bits per heavy atom. The largest absolute Gasteiger partial charge is 0.507 e. The fraction of sp³-hybridized carbons (Fsp3) is 0.448. The molecule has 0 aliphatic carbocycles. The molecule has 1 N–H and O–H groups in total. The van der Waals surface area contributed by atoms with Crippen LogP contribution < -0.4 is 9.47 Å². The van der Waals surface area contributed by atoms with Crippen molar-refractivity contribution < 1.29 is 28.9 Å². The van der Waals surface area contributed by atoms with Crippen molar-refractivity contribution in [2.24, 2.45) is 0 Å². The lowest BCUT2D eigenvalue weighted by Gasteiger charge is -2.29. The van der Waals surface area contributed by atoms with Gasteiger partial charge in [0.05, 0.1) is 38.0 Å². The maximum Gasteiger partial charge on any atom is 0.295 e. The maximum absolute atomic E-state index is 13.3. The van der Waals surface area contributed by atoms with Crippen LogP contribution >= 0.6 is 0 Å². The molecule has 2 fully saturated rings. The zero-order chi connectivity index (χ0) is 26.2. The topological polar surface area (TPSA) is 88.5 Å². The van der Waals surface area contributed by atoms with Crippen molar-refractivity contribution in [3.8, 4) is 11.5 Å². The van der Waals surface area contributed by atoms with Crippen LogP contribution in [-0.4, -0.2) is 79.2 Å². The molecule has 8 nitrogen and oxygen atoms in total. The molecule has 2 aromatic rings. The molecule has 0 aromatic heterocycles. The number of likely N-dealkylation sites (tertiary alicyclic amines) is 1. The summed E-state index contributed by atoms with van der Waals surface area (Å²) >= 11 is 0. The van der Waals surface area contributed by atoms with Gasteiger partial charge >= 0.3 is 0 Å². The van der Waals surface area contributed by atoms with Gasteiger partial charge in [-0.25, -0.2) is 0 Å². The van der Waals surface area contributed by atoms with Crippen molar-refractivity contribution in [3.05, 3.63) is 65.2 Å². The standard InChI is InChI=1S/C29H36N2O6/c1-3-18-37-24-10-6-21(7-11-24)26-25(27(32)22-8-12-23(13-9-22)36-4-2)28(33)29(34)31(26)15-5-14-30-16-19-35-20-17-30/h6-13,26,32H,3-5,14-20H2,1-2H3/t26-/m0/s1. The molecule has 2 saturated heterocycles. The minimum Gasteiger partial charge on any atom is -0.507 e. The lowest BCUT2D eigenvalue weighted by molar-refractivity contribution is -0.140. The minimum absolute atomic E-state index is 0.0998. The predicted octanol–water partition coefficient (Wildman–Crippen LogP) is 4.02. The molecule has 0 unspecified atom stereocenters. The molecule has 8 heteroatoms. The second-order valence-electron chi connectivity index (χ2n) is 9.17. The number of benzene rings is 2. The van der Waals surface area contributed by atoms with E-state index >= 15 is 0 Å². The van der Waals surface area contributed by atoms with E-state index in [2.05, 4.69) is 4.90 Å². The number of amides is 1. The summed E-state index contributed by atoms with van der Waals surface area (Å²) in [6.07, 6.45) is 1.61. The Labute approximate surface area is 218 Å². The van der Waals surface area contributed by atoms with E-state index in [1.54, 1.807) is 29.2 Å². The number of hydrogen-bond acceptors (Lipinski definition) is 7. The summed E-state index contributed by atoms with van der Waals surface area (Å²) in [6, 6.07) is 13.6. The molecular weight excluding hydrogens is 472 g/mol. The minimum atomic E-state index is -0.684. The number of ketones is 1. The highest BCUT2D eigenvalue weighted by Crippen LogP contribution is 2.40. The molecule has 198 valence electrons. The number of rotatable bonds is 11. The predicted molar refractivity (Wildman–Crippen MR) is 141 cm³/mol. The van der Waals surface area contributed by atoms with Gasteiger partial charge in [0.15, 0.2) is 0 Å². The lowest BCUT2D eigenvalue weighted by atomic mass is 9.95. The van der Waals surface area contributed by atoms with Gasteiger partial charge in [0.25, 0.3) is 11.7 Å². The Kier molecular flexibility index (Phi) is 9.19. The fourth-order valence-corrected chi connectivity index (χ4v) is 4.74. The Hall–Kier alpha value is -3.36. The summed E-state index contributed by atoms with van der Waals surface area (Å²) in [5.41, 5.74) is 1.31. The molecule has 0 bridgehead atoms. The number of nitrogens with zero attached hydrogens (tertiary/aromatic N) is 2. The molecule has 2 aliphatic rings. The van der Waals surface area contributed by atoms with Gasteiger partial charge in [-0.3, -0.25) is 14.5 Å². The van der Waals surface area contributed by atoms with E-state index in [-0.39, 0.29) is 11.3 Å². The van der Waals surface area contributed by atoms with Crippen molar-refractivity contribution in [2.75, 3.05) is 52.6 Å². The van der Waals surface area contributed by atoms with Crippen LogP contribution in [0.25, 0.3) is 5.76 Å². The average molecular weight is 509 g/mol. The van der Waals surface area contributed by atoms with Gasteiger partial charge in [-0.05, 0) is 61.7 Å². The summed E-state index contributed by atoms with van der Waals surface area (Å²) in [5, 5.41) is 11.3. The van der Waals surface area contributed by atoms with Crippen molar-refractivity contribution in [2.45, 2.75) is 32.7 Å². The quantitative estimate of drug-likeness (QED) is 0.279. The number of ether oxygens (including phenoxy) is 3. The molecule has 37 heavy (non-hydrogen) atoms. The van der Waals surface area contributed by atoms with E-state index in [1.165, 1.54) is 0 Å². The number of Topliss-reactive ketones (excluding diaryl/α,β-unsaturated/α-hetero) is 1. The van der Waals surface area contributed by atoms with Crippen LogP contribution in [0.3, 0.4) is 0 Å². The second-order valence-corrected chi connectivity index (χ2v) is 9.17. The van der Waals surface area contributed by atoms with Crippen LogP contribution in [0.1, 0.15) is 43.9 Å². The first-order chi connectivity index (χ1) is 18.0. The number of morpholine rings is 1. The first-order valence-electron chi connectivity index (χ1n) is 13.1. The lowest BCUT2D eigenvalue weighted by Crippen LogP contribution is -2.38. The fourth-order valence-electron chi connectivity index (χ4n) is 4.74. The first-order valence-corrected chi connectivity index (χ1v) is 13.1. The SMILES string of the molecule is CCCOc1ccc([C@H]2C(=C(O)c3ccc(OCC)cc3)C(=O)C(=O)N2CCCN2CCOCC2)cc1. The Bertz CT molecular complexity index is 1090. The monoisotopic (exact) mass is 508 g/mol. The van der Waals surface area contributed by atoms with Crippen molar-refractivity contribution in [1.29, 1.82) is 0 Å². The van der Waals surface area contributed by atoms with Gasteiger partial charge < -0.3 is 24.2 Å². The summed E-state index contributed by atoms with van der Waals surface area (Å²) in [5.74, 6) is -0.0589. The van der Waals surface area contributed by atoms with Gasteiger partial charge in [-0.2, -0.15) is 0 Å². The average Bonchev–Trinajstić information content (AvgIpc) is 3.18. The van der Waals surface area contributed by atoms with Gasteiger partial charge in [0.1, 0.15) is 17.3 Å². The van der Waals surface area contributed by atoms with Crippen LogP contribution in [0.15, 0.2) is 54.1 Å². The van der Waals surface area contributed by atoms with Gasteiger partial charge in [-0.15, -0.1) is 0 Å². The molecule has 2 aliphatic heterocycles. The molecule has 0 radical (unpaired) electrons. The van der Waals surface area contributed by atoms with E-state index in [4.69, 9.17) is 14.2 Å². The molecule has 0 spiro atoms. The molecule has 0 saturated carbocycles. The van der Waals surface area contributed by atoms with E-state index in [0.29, 0.717) is 50.7 Å². The zero-order valence-electron chi connectivity index (χ0n) is 21.7. The molecule has 2 heterocycles. The Morgan fingerprint density at radius 1 is 0.946 bits per heavy atom.